The van der Waals surface area contributed by atoms with E-state index in [0.717, 1.165) is 5.56 Å². The van der Waals surface area contributed by atoms with Gasteiger partial charge in [-0.15, -0.1) is 0 Å². The molecule has 0 saturated carbocycles. The summed E-state index contributed by atoms with van der Waals surface area (Å²) >= 11 is 6.15. The van der Waals surface area contributed by atoms with Gasteiger partial charge in [-0.2, -0.15) is 0 Å². The number of nitrogens with one attached hydrogen (secondary N) is 2. The van der Waals surface area contributed by atoms with Crippen LogP contribution in [-0.4, -0.2) is 18.4 Å². The van der Waals surface area contributed by atoms with Gasteiger partial charge in [0.25, 0.3) is 11.8 Å². The van der Waals surface area contributed by atoms with Crippen LogP contribution >= 0.6 is 11.6 Å². The molecule has 1 heterocycles. The van der Waals surface area contributed by atoms with Gasteiger partial charge >= 0.3 is 0 Å². The molecule has 2 amide bonds. The number of carbonyl (C=O) groups excluding carboxylic acids is 2. The summed E-state index contributed by atoms with van der Waals surface area (Å²) in [6, 6.07) is 10.4. The lowest BCUT2D eigenvalue weighted by Gasteiger charge is -2.19. The van der Waals surface area contributed by atoms with Crippen LogP contribution in [0.1, 0.15) is 15.9 Å². The predicted octanol–water partition coefficient (Wildman–Crippen LogP) is 3.23. The van der Waals surface area contributed by atoms with Gasteiger partial charge in [-0.05, 0) is 25.1 Å². The SMILES string of the molecule is Cc1cccc(C(=O)Nc2cc3c(cc2Cl)NC(=O)CO3)c1. The fraction of sp³-hybridized carbons (Fsp3) is 0.125. The minimum Gasteiger partial charge on any atom is -0.482 e. The molecule has 0 bridgehead atoms. The molecule has 1 aliphatic heterocycles. The van der Waals surface area contributed by atoms with Crippen molar-refractivity contribution in [1.82, 2.24) is 0 Å². The van der Waals surface area contributed by atoms with Crippen LogP contribution < -0.4 is 15.4 Å². The largest absolute Gasteiger partial charge is 0.482 e. The van der Waals surface area contributed by atoms with E-state index in [1.54, 1.807) is 24.3 Å². The number of aryl methyl sites for hydroxylation is 1. The number of anilines is 2. The van der Waals surface area contributed by atoms with Crippen molar-refractivity contribution in [1.29, 1.82) is 0 Å². The van der Waals surface area contributed by atoms with Gasteiger partial charge in [0.1, 0.15) is 5.75 Å². The van der Waals surface area contributed by atoms with Crippen LogP contribution in [0.3, 0.4) is 0 Å². The Morgan fingerprint density at radius 2 is 2.14 bits per heavy atom. The van der Waals surface area contributed by atoms with Crippen LogP contribution in [0.25, 0.3) is 0 Å². The van der Waals surface area contributed by atoms with Crippen LogP contribution in [-0.2, 0) is 4.79 Å². The smallest absolute Gasteiger partial charge is 0.262 e. The average Bonchev–Trinajstić information content (AvgIpc) is 2.48. The predicted molar refractivity (Wildman–Crippen MR) is 84.7 cm³/mol. The second-order valence-electron chi connectivity index (χ2n) is 4.99. The second kappa shape index (κ2) is 5.69. The van der Waals surface area contributed by atoms with Gasteiger partial charge in [-0.1, -0.05) is 29.3 Å². The number of amides is 2. The van der Waals surface area contributed by atoms with Gasteiger partial charge in [0, 0.05) is 11.6 Å². The van der Waals surface area contributed by atoms with Crippen molar-refractivity contribution in [3.63, 3.8) is 0 Å². The molecule has 0 saturated heterocycles. The Balaban J connectivity index is 1.86. The Hall–Kier alpha value is -2.53. The minimum absolute atomic E-state index is 0.0557. The van der Waals surface area contributed by atoms with Crippen LogP contribution in [0.2, 0.25) is 5.02 Å². The number of fused-ring (bicyclic) bond motifs is 1. The standard InChI is InChI=1S/C16H13ClN2O3/c1-9-3-2-4-10(5-9)16(21)19-12-7-14-13(6-11(12)17)18-15(20)8-22-14/h2-7H,8H2,1H3,(H,18,20)(H,19,21). The maximum Gasteiger partial charge on any atom is 0.262 e. The molecule has 0 unspecified atom stereocenters. The van der Waals surface area contributed by atoms with Crippen molar-refractivity contribution in [2.45, 2.75) is 6.92 Å². The fourth-order valence-electron chi connectivity index (χ4n) is 2.18. The highest BCUT2D eigenvalue weighted by Gasteiger charge is 2.19. The van der Waals surface area contributed by atoms with E-state index in [2.05, 4.69) is 10.6 Å². The van der Waals surface area contributed by atoms with E-state index in [0.29, 0.717) is 27.7 Å². The van der Waals surface area contributed by atoms with Crippen molar-refractivity contribution in [3.05, 3.63) is 52.5 Å². The highest BCUT2D eigenvalue weighted by atomic mass is 35.5. The average molecular weight is 317 g/mol. The maximum atomic E-state index is 12.3. The van der Waals surface area contributed by atoms with Gasteiger partial charge in [0.15, 0.2) is 6.61 Å². The summed E-state index contributed by atoms with van der Waals surface area (Å²) < 4.78 is 5.32. The highest BCUT2D eigenvalue weighted by molar-refractivity contribution is 6.34. The van der Waals surface area contributed by atoms with Gasteiger partial charge < -0.3 is 15.4 Å². The van der Waals surface area contributed by atoms with E-state index in [1.165, 1.54) is 0 Å². The third-order valence-corrected chi connectivity index (χ3v) is 3.54. The summed E-state index contributed by atoms with van der Waals surface area (Å²) in [5.74, 6) is -0.0194. The summed E-state index contributed by atoms with van der Waals surface area (Å²) in [5.41, 5.74) is 2.47. The first-order chi connectivity index (χ1) is 10.5. The van der Waals surface area contributed by atoms with E-state index in [9.17, 15) is 9.59 Å². The molecule has 2 aromatic rings. The molecule has 3 rings (SSSR count). The van der Waals surface area contributed by atoms with Gasteiger partial charge in [0.05, 0.1) is 16.4 Å². The monoisotopic (exact) mass is 316 g/mol. The zero-order valence-electron chi connectivity index (χ0n) is 11.8. The van der Waals surface area contributed by atoms with Crippen LogP contribution in [0.5, 0.6) is 5.75 Å². The Morgan fingerprint density at radius 1 is 1.32 bits per heavy atom. The molecule has 0 radical (unpaired) electrons. The van der Waals surface area contributed by atoms with Crippen LogP contribution in [0.15, 0.2) is 36.4 Å². The number of ether oxygens (including phenoxy) is 1. The normalized spacial score (nSPS) is 12.9. The van der Waals surface area contributed by atoms with Crippen LogP contribution in [0.4, 0.5) is 11.4 Å². The van der Waals surface area contributed by atoms with Crippen molar-refractivity contribution < 1.29 is 14.3 Å². The van der Waals surface area contributed by atoms with Gasteiger partial charge in [-0.25, -0.2) is 0 Å². The first-order valence-corrected chi connectivity index (χ1v) is 7.05. The molecule has 112 valence electrons. The molecule has 22 heavy (non-hydrogen) atoms. The van der Waals surface area contributed by atoms with Gasteiger partial charge in [0.2, 0.25) is 0 Å². The lowest BCUT2D eigenvalue weighted by molar-refractivity contribution is -0.118. The van der Waals surface area contributed by atoms with E-state index < -0.39 is 0 Å². The lowest BCUT2D eigenvalue weighted by Crippen LogP contribution is -2.25. The number of carbonyl (C=O) groups is 2. The molecule has 5 nitrogen and oxygen atoms in total. The van der Waals surface area contributed by atoms with Crippen molar-refractivity contribution >= 4 is 34.8 Å². The number of halogens is 1. The van der Waals surface area contributed by atoms with Crippen molar-refractivity contribution in [3.8, 4) is 5.75 Å². The Morgan fingerprint density at radius 3 is 2.91 bits per heavy atom. The molecule has 2 N–H and O–H groups in total. The maximum absolute atomic E-state index is 12.3. The highest BCUT2D eigenvalue weighted by Crippen LogP contribution is 2.36. The van der Waals surface area contributed by atoms with Gasteiger partial charge in [-0.3, -0.25) is 9.59 Å². The summed E-state index contributed by atoms with van der Waals surface area (Å²) in [5, 5.41) is 5.74. The van der Waals surface area contributed by atoms with E-state index in [1.807, 2.05) is 19.1 Å². The number of hydrogen-bond acceptors (Lipinski definition) is 3. The second-order valence-corrected chi connectivity index (χ2v) is 5.40. The summed E-state index contributed by atoms with van der Waals surface area (Å²) in [4.78, 5) is 23.5. The topological polar surface area (TPSA) is 67.4 Å². The molecule has 0 fully saturated rings. The molecule has 2 aromatic carbocycles. The minimum atomic E-state index is -0.259. The fourth-order valence-corrected chi connectivity index (χ4v) is 2.39. The molecule has 0 atom stereocenters. The number of rotatable bonds is 2. The Bertz CT molecular complexity index is 774. The zero-order chi connectivity index (χ0) is 15.7. The van der Waals surface area contributed by atoms with Crippen molar-refractivity contribution in [2.24, 2.45) is 0 Å². The van der Waals surface area contributed by atoms with E-state index >= 15 is 0 Å². The molecule has 0 spiro atoms. The molecule has 6 heteroatoms. The molecular weight excluding hydrogens is 304 g/mol. The summed E-state index contributed by atoms with van der Waals surface area (Å²) in [6.07, 6.45) is 0. The third-order valence-electron chi connectivity index (χ3n) is 3.23. The molecule has 0 aromatic heterocycles. The molecule has 0 aliphatic carbocycles. The summed E-state index contributed by atoms with van der Waals surface area (Å²) in [7, 11) is 0. The van der Waals surface area contributed by atoms with E-state index in [4.69, 9.17) is 16.3 Å². The Labute approximate surface area is 132 Å². The van der Waals surface area contributed by atoms with E-state index in [-0.39, 0.29) is 18.4 Å². The summed E-state index contributed by atoms with van der Waals surface area (Å²) in [6.45, 7) is 1.86. The number of hydrogen-bond donors (Lipinski definition) is 2. The van der Waals surface area contributed by atoms with Crippen LogP contribution in [0, 0.1) is 6.92 Å². The quantitative estimate of drug-likeness (QED) is 0.894. The number of benzene rings is 2. The lowest BCUT2D eigenvalue weighted by atomic mass is 10.1. The zero-order valence-corrected chi connectivity index (χ0v) is 12.5. The molecule has 1 aliphatic rings. The molecular formula is C16H13ClN2O3. The first kappa shape index (κ1) is 14.4. The van der Waals surface area contributed by atoms with Crippen molar-refractivity contribution in [2.75, 3.05) is 17.2 Å². The third kappa shape index (κ3) is 2.89. The first-order valence-electron chi connectivity index (χ1n) is 6.67. The Kier molecular flexibility index (Phi) is 3.73.